The molecule has 0 unspecified atom stereocenters. The molecule has 0 saturated heterocycles. The number of para-hydroxylation sites is 2. The van der Waals surface area contributed by atoms with Crippen LogP contribution in [0, 0.1) is 0 Å². The molecular formula is C46H24O4. The van der Waals surface area contributed by atoms with E-state index in [9.17, 15) is 0 Å². The van der Waals surface area contributed by atoms with E-state index < -0.39 is 0 Å². The molecule has 0 N–H and O–H groups in total. The summed E-state index contributed by atoms with van der Waals surface area (Å²) in [7, 11) is 0. The largest absolute Gasteiger partial charge is 0.452 e. The zero-order valence-corrected chi connectivity index (χ0v) is 26.5. The summed E-state index contributed by atoms with van der Waals surface area (Å²) in [6.07, 6.45) is 0. The third-order valence-electron chi connectivity index (χ3n) is 10.5. The zero-order valence-electron chi connectivity index (χ0n) is 26.5. The fraction of sp³-hybridized carbons (Fsp3) is 0. The van der Waals surface area contributed by atoms with E-state index in [4.69, 9.17) is 17.7 Å². The number of benzene rings is 8. The van der Waals surface area contributed by atoms with Crippen molar-refractivity contribution in [2.75, 3.05) is 0 Å². The number of hydrogen-bond acceptors (Lipinski definition) is 4. The molecule has 0 aliphatic heterocycles. The van der Waals surface area contributed by atoms with Gasteiger partial charge < -0.3 is 17.7 Å². The van der Waals surface area contributed by atoms with Crippen molar-refractivity contribution < 1.29 is 17.7 Å². The highest BCUT2D eigenvalue weighted by Gasteiger charge is 2.18. The molecule has 12 aromatic rings. The second-order valence-electron chi connectivity index (χ2n) is 13.2. The molecule has 0 radical (unpaired) electrons. The molecule has 0 saturated carbocycles. The average Bonchev–Trinajstić information content (AvgIpc) is 3.93. The van der Waals surface area contributed by atoms with E-state index in [1.807, 2.05) is 36.4 Å². The number of hydrogen-bond donors (Lipinski definition) is 0. The number of fused-ring (bicyclic) bond motifs is 15. The molecule has 0 spiro atoms. The molecule has 4 nitrogen and oxygen atoms in total. The Morgan fingerprint density at radius 2 is 0.600 bits per heavy atom. The van der Waals surface area contributed by atoms with Gasteiger partial charge in [-0.25, -0.2) is 0 Å². The summed E-state index contributed by atoms with van der Waals surface area (Å²) in [5.41, 5.74) is 11.2. The van der Waals surface area contributed by atoms with Crippen molar-refractivity contribution in [2.45, 2.75) is 0 Å². The van der Waals surface area contributed by atoms with Gasteiger partial charge in [0.1, 0.15) is 22.3 Å². The van der Waals surface area contributed by atoms with Crippen LogP contribution in [0.15, 0.2) is 163 Å². The van der Waals surface area contributed by atoms with Crippen molar-refractivity contribution in [3.05, 3.63) is 146 Å². The maximum Gasteiger partial charge on any atom is 0.178 e. The van der Waals surface area contributed by atoms with Crippen molar-refractivity contribution in [1.82, 2.24) is 0 Å². The molecule has 4 heterocycles. The average molecular weight is 641 g/mol. The Kier molecular flexibility index (Phi) is 4.94. The van der Waals surface area contributed by atoms with Gasteiger partial charge in [0, 0.05) is 43.1 Å². The Hall–Kier alpha value is -6.78. The van der Waals surface area contributed by atoms with Crippen molar-refractivity contribution in [3.8, 4) is 22.3 Å². The van der Waals surface area contributed by atoms with E-state index in [-0.39, 0.29) is 0 Å². The van der Waals surface area contributed by atoms with Crippen LogP contribution in [0.4, 0.5) is 0 Å². The van der Waals surface area contributed by atoms with Gasteiger partial charge in [-0.15, -0.1) is 0 Å². The first-order valence-corrected chi connectivity index (χ1v) is 16.8. The van der Waals surface area contributed by atoms with Crippen LogP contribution >= 0.6 is 0 Å². The van der Waals surface area contributed by atoms with Crippen molar-refractivity contribution >= 4 is 98.5 Å². The summed E-state index contributed by atoms with van der Waals surface area (Å²) in [6, 6.07) is 51.1. The molecule has 4 aromatic heterocycles. The molecular weight excluding hydrogens is 617 g/mol. The third-order valence-corrected chi connectivity index (χ3v) is 10.5. The fourth-order valence-electron chi connectivity index (χ4n) is 8.00. The van der Waals surface area contributed by atoms with Gasteiger partial charge in [-0.05, 0) is 106 Å². The van der Waals surface area contributed by atoms with Crippen LogP contribution in [0.3, 0.4) is 0 Å². The Labute approximate surface area is 283 Å². The van der Waals surface area contributed by atoms with Crippen molar-refractivity contribution in [1.29, 1.82) is 0 Å². The third kappa shape index (κ3) is 3.54. The summed E-state index contributed by atoms with van der Waals surface area (Å²) in [6.45, 7) is 0. The van der Waals surface area contributed by atoms with E-state index >= 15 is 0 Å². The highest BCUT2D eigenvalue weighted by Crippen LogP contribution is 2.42. The van der Waals surface area contributed by atoms with Gasteiger partial charge in [0.2, 0.25) is 0 Å². The normalized spacial score (nSPS) is 12.4. The summed E-state index contributed by atoms with van der Waals surface area (Å²) in [5.74, 6) is 0. The summed E-state index contributed by atoms with van der Waals surface area (Å²) < 4.78 is 25.3. The second-order valence-corrected chi connectivity index (χ2v) is 13.2. The molecule has 0 fully saturated rings. The standard InChI is InChI=1S/C46H24O4/c1-3-7-39-31(5-1)33-15-17-35-37-23-28(13-19-41(37)49-45(35)43(33)47-39)26-11-9-25-10-12-27(22-30(25)21-26)29-14-20-42-38(24-29)36-18-16-34-32-6-2-4-8-40(32)48-44(34)46(36)50-42/h1-24H. The molecule has 0 atom stereocenters. The lowest BCUT2D eigenvalue weighted by atomic mass is 9.96. The summed E-state index contributed by atoms with van der Waals surface area (Å²) >= 11 is 0. The molecule has 0 aliphatic carbocycles. The summed E-state index contributed by atoms with van der Waals surface area (Å²) in [5, 5.41) is 11.0. The van der Waals surface area contributed by atoms with Crippen LogP contribution < -0.4 is 0 Å². The second kappa shape index (κ2) is 9.43. The van der Waals surface area contributed by atoms with Crippen molar-refractivity contribution in [3.63, 3.8) is 0 Å². The van der Waals surface area contributed by atoms with Gasteiger partial charge in [0.25, 0.3) is 0 Å². The monoisotopic (exact) mass is 640 g/mol. The van der Waals surface area contributed by atoms with Crippen LogP contribution in [-0.2, 0) is 0 Å². The van der Waals surface area contributed by atoms with Gasteiger partial charge in [-0.1, -0.05) is 72.8 Å². The Balaban J connectivity index is 0.963. The lowest BCUT2D eigenvalue weighted by molar-refractivity contribution is 0.633. The number of furan rings is 4. The number of rotatable bonds is 2. The topological polar surface area (TPSA) is 52.6 Å². The van der Waals surface area contributed by atoms with Crippen LogP contribution in [0.25, 0.3) is 121 Å². The van der Waals surface area contributed by atoms with E-state index in [2.05, 4.69) is 109 Å². The fourth-order valence-corrected chi connectivity index (χ4v) is 8.00. The highest BCUT2D eigenvalue weighted by molar-refractivity contribution is 6.20. The van der Waals surface area contributed by atoms with Gasteiger partial charge in [0.15, 0.2) is 22.3 Å². The maximum atomic E-state index is 6.40. The SMILES string of the molecule is c1ccc2c(c1)oc1c2ccc2c3cc(-c4ccc5ccc(-c6ccc7oc8c(ccc9c%10ccccc%10oc98)c7c6)cc5c4)ccc3oc21. The molecule has 12 rings (SSSR count). The van der Waals surface area contributed by atoms with Gasteiger partial charge in [0.05, 0.1) is 0 Å². The summed E-state index contributed by atoms with van der Waals surface area (Å²) in [4.78, 5) is 0. The van der Waals surface area contributed by atoms with Gasteiger partial charge >= 0.3 is 0 Å². The molecule has 0 bridgehead atoms. The minimum atomic E-state index is 0.790. The lowest BCUT2D eigenvalue weighted by Gasteiger charge is -2.08. The molecule has 0 aliphatic rings. The molecule has 8 aromatic carbocycles. The lowest BCUT2D eigenvalue weighted by Crippen LogP contribution is -1.82. The van der Waals surface area contributed by atoms with Gasteiger partial charge in [-0.3, -0.25) is 0 Å². The zero-order chi connectivity index (χ0) is 32.5. The quantitative estimate of drug-likeness (QED) is 0.189. The van der Waals surface area contributed by atoms with E-state index in [0.717, 1.165) is 110 Å². The first kappa shape index (κ1) is 26.2. The van der Waals surface area contributed by atoms with Gasteiger partial charge in [-0.2, -0.15) is 0 Å². The van der Waals surface area contributed by atoms with E-state index in [1.54, 1.807) is 0 Å². The molecule has 50 heavy (non-hydrogen) atoms. The smallest absolute Gasteiger partial charge is 0.178 e. The first-order valence-electron chi connectivity index (χ1n) is 16.8. The van der Waals surface area contributed by atoms with E-state index in [1.165, 1.54) is 10.8 Å². The van der Waals surface area contributed by atoms with Crippen LogP contribution in [-0.4, -0.2) is 0 Å². The minimum absolute atomic E-state index is 0.790. The van der Waals surface area contributed by atoms with Crippen LogP contribution in [0.5, 0.6) is 0 Å². The van der Waals surface area contributed by atoms with Crippen LogP contribution in [0.2, 0.25) is 0 Å². The first-order chi connectivity index (χ1) is 24.7. The Morgan fingerprint density at radius 1 is 0.240 bits per heavy atom. The van der Waals surface area contributed by atoms with E-state index in [0.29, 0.717) is 0 Å². The molecule has 232 valence electrons. The Morgan fingerprint density at radius 3 is 1.06 bits per heavy atom. The highest BCUT2D eigenvalue weighted by atomic mass is 16.4. The molecule has 0 amide bonds. The maximum absolute atomic E-state index is 6.40. The Bertz CT molecular complexity index is 3160. The van der Waals surface area contributed by atoms with Crippen LogP contribution in [0.1, 0.15) is 0 Å². The predicted molar refractivity (Wildman–Crippen MR) is 204 cm³/mol. The molecule has 4 heteroatoms. The predicted octanol–water partition coefficient (Wildman–Crippen LogP) is 13.8. The van der Waals surface area contributed by atoms with Crippen molar-refractivity contribution in [2.24, 2.45) is 0 Å². The minimum Gasteiger partial charge on any atom is -0.452 e.